The van der Waals surface area contributed by atoms with E-state index in [0.29, 0.717) is 13.0 Å². The van der Waals surface area contributed by atoms with Gasteiger partial charge in [0.25, 0.3) is 0 Å². The number of aryl methyl sites for hydroxylation is 1. The van der Waals surface area contributed by atoms with Crippen LogP contribution in [0.5, 0.6) is 0 Å². The first-order chi connectivity index (χ1) is 13.6. The van der Waals surface area contributed by atoms with Gasteiger partial charge in [-0.1, -0.05) is 31.5 Å². The summed E-state index contributed by atoms with van der Waals surface area (Å²) in [6.07, 6.45) is -0.234. The number of cyclic esters (lactones) is 1. The number of anilines is 1. The van der Waals surface area contributed by atoms with Crippen LogP contribution < -0.4 is 4.90 Å². The van der Waals surface area contributed by atoms with Gasteiger partial charge in [-0.3, -0.25) is 4.79 Å². The molecule has 6 nitrogen and oxygen atoms in total. The minimum absolute atomic E-state index is 0.00518. The summed E-state index contributed by atoms with van der Waals surface area (Å²) in [6.45, 7) is 13.9. The predicted molar refractivity (Wildman–Crippen MR) is 113 cm³/mol. The number of ether oxygens (including phenoxy) is 2. The van der Waals surface area contributed by atoms with Crippen LogP contribution in [0.25, 0.3) is 0 Å². The molecule has 0 saturated carbocycles. The third-order valence-electron chi connectivity index (χ3n) is 5.71. The predicted octanol–water partition coefficient (Wildman–Crippen LogP) is 3.37. The molecule has 1 amide bonds. The SMILES string of the molecule is Cc1ccc(N2CCN(C(=O)[C@@H](CC(C)C)[C@@H]3OC(C)(C)OC3=O)[C@H](C)C2)cc1. The molecule has 2 heterocycles. The summed E-state index contributed by atoms with van der Waals surface area (Å²) < 4.78 is 11.2. The van der Waals surface area contributed by atoms with Crippen molar-refractivity contribution in [3.8, 4) is 0 Å². The summed E-state index contributed by atoms with van der Waals surface area (Å²) in [6, 6.07) is 8.54. The molecule has 0 unspecified atom stereocenters. The van der Waals surface area contributed by atoms with Gasteiger partial charge < -0.3 is 19.3 Å². The van der Waals surface area contributed by atoms with Crippen LogP contribution in [-0.4, -0.2) is 54.3 Å². The highest BCUT2D eigenvalue weighted by atomic mass is 16.8. The number of piperazine rings is 1. The standard InChI is InChI=1S/C23H34N2O4/c1-15(2)13-19(20-22(27)29-23(5,6)28-20)21(26)25-12-11-24(14-17(25)4)18-9-7-16(3)8-10-18/h7-10,15,17,19-20H,11-14H2,1-6H3/t17-,19+,20+/m1/s1. The summed E-state index contributed by atoms with van der Waals surface area (Å²) in [7, 11) is 0. The van der Waals surface area contributed by atoms with Crippen LogP contribution in [0.3, 0.4) is 0 Å². The highest BCUT2D eigenvalue weighted by molar-refractivity contribution is 5.88. The Hall–Kier alpha value is -2.08. The van der Waals surface area contributed by atoms with Crippen LogP contribution in [0, 0.1) is 18.8 Å². The zero-order valence-electron chi connectivity index (χ0n) is 18.5. The second-order valence-electron chi connectivity index (χ2n) is 9.26. The van der Waals surface area contributed by atoms with E-state index in [1.807, 2.05) is 4.90 Å². The van der Waals surface area contributed by atoms with Gasteiger partial charge in [0.2, 0.25) is 11.7 Å². The molecular weight excluding hydrogens is 368 g/mol. The average Bonchev–Trinajstić information content (AvgIpc) is 2.91. The molecule has 1 aromatic carbocycles. The Morgan fingerprint density at radius 1 is 1.21 bits per heavy atom. The lowest BCUT2D eigenvalue weighted by molar-refractivity contribution is -0.163. The average molecular weight is 403 g/mol. The number of carbonyl (C=O) groups is 2. The second-order valence-corrected chi connectivity index (χ2v) is 9.26. The molecule has 0 N–H and O–H groups in total. The molecule has 0 aliphatic carbocycles. The maximum Gasteiger partial charge on any atom is 0.338 e. The molecule has 0 radical (unpaired) electrons. The van der Waals surface area contributed by atoms with Gasteiger partial charge in [-0.05, 0) is 38.3 Å². The fourth-order valence-electron chi connectivity index (χ4n) is 4.27. The lowest BCUT2D eigenvalue weighted by Gasteiger charge is -2.42. The van der Waals surface area contributed by atoms with Crippen LogP contribution in [0.1, 0.15) is 46.6 Å². The van der Waals surface area contributed by atoms with E-state index in [1.54, 1.807) is 13.8 Å². The lowest BCUT2D eigenvalue weighted by Crippen LogP contribution is -2.57. The van der Waals surface area contributed by atoms with E-state index in [2.05, 4.69) is 56.9 Å². The molecule has 3 rings (SSSR count). The van der Waals surface area contributed by atoms with Crippen molar-refractivity contribution in [1.82, 2.24) is 4.90 Å². The molecule has 2 saturated heterocycles. The monoisotopic (exact) mass is 402 g/mol. The maximum absolute atomic E-state index is 13.5. The molecular formula is C23H34N2O4. The largest absolute Gasteiger partial charge is 0.432 e. The quantitative estimate of drug-likeness (QED) is 0.707. The molecule has 0 spiro atoms. The van der Waals surface area contributed by atoms with Gasteiger partial charge in [-0.25, -0.2) is 4.79 Å². The fraction of sp³-hybridized carbons (Fsp3) is 0.652. The number of benzene rings is 1. The van der Waals surface area contributed by atoms with Gasteiger partial charge in [-0.15, -0.1) is 0 Å². The van der Waals surface area contributed by atoms with Gasteiger partial charge >= 0.3 is 5.97 Å². The first kappa shape index (κ1) is 21.6. The van der Waals surface area contributed by atoms with Crippen molar-refractivity contribution in [2.24, 2.45) is 11.8 Å². The van der Waals surface area contributed by atoms with E-state index >= 15 is 0 Å². The highest BCUT2D eigenvalue weighted by Gasteiger charge is 2.49. The Labute approximate surface area is 174 Å². The third-order valence-corrected chi connectivity index (χ3v) is 5.71. The van der Waals surface area contributed by atoms with Crippen LogP contribution in [0.2, 0.25) is 0 Å². The number of amides is 1. The van der Waals surface area contributed by atoms with E-state index in [0.717, 1.165) is 13.1 Å². The van der Waals surface area contributed by atoms with E-state index in [1.165, 1.54) is 11.3 Å². The first-order valence-corrected chi connectivity index (χ1v) is 10.6. The number of carbonyl (C=O) groups excluding carboxylic acids is 2. The maximum atomic E-state index is 13.5. The zero-order valence-corrected chi connectivity index (χ0v) is 18.5. The van der Waals surface area contributed by atoms with Crippen molar-refractivity contribution < 1.29 is 19.1 Å². The van der Waals surface area contributed by atoms with Crippen molar-refractivity contribution in [3.05, 3.63) is 29.8 Å². The molecule has 2 fully saturated rings. The minimum Gasteiger partial charge on any atom is -0.432 e. The Morgan fingerprint density at radius 2 is 1.86 bits per heavy atom. The smallest absolute Gasteiger partial charge is 0.338 e. The van der Waals surface area contributed by atoms with E-state index in [9.17, 15) is 9.59 Å². The van der Waals surface area contributed by atoms with Crippen molar-refractivity contribution in [1.29, 1.82) is 0 Å². The van der Waals surface area contributed by atoms with Gasteiger partial charge in [0, 0.05) is 45.2 Å². The summed E-state index contributed by atoms with van der Waals surface area (Å²) in [5, 5.41) is 0. The lowest BCUT2D eigenvalue weighted by atomic mass is 9.90. The number of nitrogens with zero attached hydrogens (tertiary/aromatic N) is 2. The van der Waals surface area contributed by atoms with Gasteiger partial charge in [0.05, 0.1) is 5.92 Å². The Balaban J connectivity index is 1.73. The Morgan fingerprint density at radius 3 is 2.38 bits per heavy atom. The minimum atomic E-state index is -0.979. The third kappa shape index (κ3) is 4.92. The highest BCUT2D eigenvalue weighted by Crippen LogP contribution is 2.33. The van der Waals surface area contributed by atoms with Crippen LogP contribution in [0.15, 0.2) is 24.3 Å². The topological polar surface area (TPSA) is 59.1 Å². The fourth-order valence-corrected chi connectivity index (χ4v) is 4.27. The number of rotatable bonds is 5. The molecule has 0 aromatic heterocycles. The molecule has 2 aliphatic rings. The first-order valence-electron chi connectivity index (χ1n) is 10.6. The number of esters is 1. The van der Waals surface area contributed by atoms with Crippen molar-refractivity contribution in [2.45, 2.75) is 65.9 Å². The Kier molecular flexibility index (Phi) is 6.22. The molecule has 1 aromatic rings. The second kappa shape index (κ2) is 8.34. The van der Waals surface area contributed by atoms with Gasteiger partial charge in [-0.2, -0.15) is 0 Å². The number of hydrogen-bond acceptors (Lipinski definition) is 5. The van der Waals surface area contributed by atoms with Crippen LogP contribution in [-0.2, 0) is 19.1 Å². The molecule has 160 valence electrons. The summed E-state index contributed by atoms with van der Waals surface area (Å²) in [5.41, 5.74) is 2.41. The van der Waals surface area contributed by atoms with Crippen molar-refractivity contribution >= 4 is 17.6 Å². The molecule has 0 bridgehead atoms. The number of hydrogen-bond donors (Lipinski definition) is 0. The van der Waals surface area contributed by atoms with Crippen molar-refractivity contribution in [3.63, 3.8) is 0 Å². The molecule has 2 aliphatic heterocycles. The summed E-state index contributed by atoms with van der Waals surface area (Å²) in [5.74, 6) is -1.66. The normalized spacial score (nSPS) is 25.3. The molecule has 6 heteroatoms. The van der Waals surface area contributed by atoms with Crippen molar-refractivity contribution in [2.75, 3.05) is 24.5 Å². The molecule has 3 atom stereocenters. The van der Waals surface area contributed by atoms with Gasteiger partial charge in [0.1, 0.15) is 0 Å². The van der Waals surface area contributed by atoms with Gasteiger partial charge in [0.15, 0.2) is 6.10 Å². The Bertz CT molecular complexity index is 744. The summed E-state index contributed by atoms with van der Waals surface area (Å²) >= 11 is 0. The molecule has 29 heavy (non-hydrogen) atoms. The van der Waals surface area contributed by atoms with Crippen LogP contribution in [0.4, 0.5) is 5.69 Å². The zero-order chi connectivity index (χ0) is 21.3. The van der Waals surface area contributed by atoms with E-state index in [4.69, 9.17) is 9.47 Å². The van der Waals surface area contributed by atoms with Crippen LogP contribution >= 0.6 is 0 Å². The van der Waals surface area contributed by atoms with E-state index in [-0.39, 0.29) is 17.9 Å². The summed E-state index contributed by atoms with van der Waals surface area (Å²) in [4.78, 5) is 30.1. The van der Waals surface area contributed by atoms with E-state index < -0.39 is 23.8 Å².